The van der Waals surface area contributed by atoms with Gasteiger partial charge < -0.3 is 15.7 Å². The van der Waals surface area contributed by atoms with Gasteiger partial charge in [-0.1, -0.05) is 34.9 Å². The molecule has 0 aromatic heterocycles. The van der Waals surface area contributed by atoms with E-state index in [1.54, 1.807) is 0 Å². The van der Waals surface area contributed by atoms with E-state index in [1.165, 1.54) is 11.1 Å². The van der Waals surface area contributed by atoms with Crippen LogP contribution in [0.5, 0.6) is 5.75 Å². The van der Waals surface area contributed by atoms with Crippen LogP contribution in [0.25, 0.3) is 0 Å². The van der Waals surface area contributed by atoms with Crippen LogP contribution in [0.15, 0.2) is 21.8 Å². The van der Waals surface area contributed by atoms with Gasteiger partial charge in [0.05, 0.1) is 6.61 Å². The summed E-state index contributed by atoms with van der Waals surface area (Å²) < 4.78 is 6.93. The Morgan fingerprint density at radius 1 is 1.29 bits per heavy atom. The van der Waals surface area contributed by atoms with Gasteiger partial charge in [0.2, 0.25) is 0 Å². The average Bonchev–Trinajstić information content (AvgIpc) is 2.43. The molecule has 0 atom stereocenters. The number of nitrogens with two attached hydrogens (primary N) is 1. The SMILES string of the molecule is Cc1cc(OCCCCC(C)(C)/C(N)=N/O)cc(C)c1Br. The Balaban J connectivity index is 2.39. The van der Waals surface area contributed by atoms with Crippen molar-refractivity contribution in [2.45, 2.75) is 47.0 Å². The Kier molecular flexibility index (Phi) is 6.52. The number of amidine groups is 1. The van der Waals surface area contributed by atoms with E-state index in [1.807, 2.05) is 26.0 Å². The van der Waals surface area contributed by atoms with Crippen LogP contribution in [0, 0.1) is 19.3 Å². The number of unbranched alkanes of at least 4 members (excludes halogenated alkanes) is 1. The number of aryl methyl sites for hydroxylation is 2. The van der Waals surface area contributed by atoms with Gasteiger partial charge in [-0.25, -0.2) is 0 Å². The summed E-state index contributed by atoms with van der Waals surface area (Å²) in [6.45, 7) is 8.74. The van der Waals surface area contributed by atoms with Crippen molar-refractivity contribution >= 4 is 21.8 Å². The third kappa shape index (κ3) is 5.23. The molecule has 0 fully saturated rings. The second-order valence-corrected chi connectivity index (χ2v) is 6.84. The van der Waals surface area contributed by atoms with Crippen molar-refractivity contribution in [1.29, 1.82) is 0 Å². The smallest absolute Gasteiger partial charge is 0.144 e. The number of ether oxygens (including phenoxy) is 1. The Bertz CT molecular complexity index is 490. The van der Waals surface area contributed by atoms with Crippen molar-refractivity contribution in [3.05, 3.63) is 27.7 Å². The van der Waals surface area contributed by atoms with Crippen molar-refractivity contribution < 1.29 is 9.94 Å². The van der Waals surface area contributed by atoms with Crippen LogP contribution in [0.1, 0.15) is 44.2 Å². The van der Waals surface area contributed by atoms with E-state index in [9.17, 15) is 0 Å². The Hall–Kier alpha value is -1.23. The molecule has 21 heavy (non-hydrogen) atoms. The first-order chi connectivity index (χ1) is 9.77. The summed E-state index contributed by atoms with van der Waals surface area (Å²) in [4.78, 5) is 0. The van der Waals surface area contributed by atoms with Crippen LogP contribution in [-0.4, -0.2) is 17.6 Å². The van der Waals surface area contributed by atoms with Crippen molar-refractivity contribution in [2.75, 3.05) is 6.61 Å². The number of hydrogen-bond donors (Lipinski definition) is 2. The zero-order valence-electron chi connectivity index (χ0n) is 13.2. The predicted octanol–water partition coefficient (Wildman–Crippen LogP) is 4.39. The van der Waals surface area contributed by atoms with Crippen molar-refractivity contribution in [1.82, 2.24) is 0 Å². The van der Waals surface area contributed by atoms with Crippen molar-refractivity contribution in [2.24, 2.45) is 16.3 Å². The second kappa shape index (κ2) is 7.69. The van der Waals surface area contributed by atoms with Gasteiger partial charge in [0, 0.05) is 9.89 Å². The van der Waals surface area contributed by atoms with Gasteiger partial charge in [0.1, 0.15) is 11.6 Å². The highest BCUT2D eigenvalue weighted by molar-refractivity contribution is 9.10. The summed E-state index contributed by atoms with van der Waals surface area (Å²) in [5.41, 5.74) is 7.75. The normalized spacial score (nSPS) is 12.5. The molecule has 4 nitrogen and oxygen atoms in total. The van der Waals surface area contributed by atoms with Crippen LogP contribution in [0.3, 0.4) is 0 Å². The average molecular weight is 357 g/mol. The monoisotopic (exact) mass is 356 g/mol. The molecular weight excluding hydrogens is 332 g/mol. The van der Waals surface area contributed by atoms with E-state index in [0.717, 1.165) is 29.5 Å². The highest BCUT2D eigenvalue weighted by atomic mass is 79.9. The quantitative estimate of drug-likeness (QED) is 0.250. The van der Waals surface area contributed by atoms with Gasteiger partial charge in [-0.15, -0.1) is 0 Å². The van der Waals surface area contributed by atoms with E-state index >= 15 is 0 Å². The van der Waals surface area contributed by atoms with Crippen LogP contribution in [-0.2, 0) is 0 Å². The third-order valence-electron chi connectivity index (χ3n) is 3.68. The molecule has 0 aliphatic rings. The van der Waals surface area contributed by atoms with E-state index in [2.05, 4.69) is 34.9 Å². The lowest BCUT2D eigenvalue weighted by molar-refractivity contribution is 0.288. The lowest BCUT2D eigenvalue weighted by atomic mass is 9.86. The highest BCUT2D eigenvalue weighted by Crippen LogP contribution is 2.27. The number of hydrogen-bond acceptors (Lipinski definition) is 3. The standard InChI is InChI=1S/C16H25BrN2O2/c1-11-9-13(10-12(2)14(11)17)21-8-6-5-7-16(3,4)15(18)19-20/h9-10,20H,5-8H2,1-4H3,(H2,18,19). The molecule has 0 spiro atoms. The van der Waals surface area contributed by atoms with Crippen molar-refractivity contribution in [3.63, 3.8) is 0 Å². The number of nitrogens with zero attached hydrogens (tertiary/aromatic N) is 1. The molecule has 0 aliphatic carbocycles. The number of benzene rings is 1. The molecule has 118 valence electrons. The molecule has 0 amide bonds. The van der Waals surface area contributed by atoms with E-state index < -0.39 is 0 Å². The predicted molar refractivity (Wildman–Crippen MR) is 90.2 cm³/mol. The molecule has 0 saturated carbocycles. The summed E-state index contributed by atoms with van der Waals surface area (Å²) in [6.07, 6.45) is 2.78. The maximum Gasteiger partial charge on any atom is 0.144 e. The molecule has 5 heteroatoms. The first-order valence-electron chi connectivity index (χ1n) is 7.15. The van der Waals surface area contributed by atoms with Gasteiger partial charge in [0.25, 0.3) is 0 Å². The van der Waals surface area contributed by atoms with Gasteiger partial charge >= 0.3 is 0 Å². The summed E-state index contributed by atoms with van der Waals surface area (Å²) in [6, 6.07) is 4.08. The lowest BCUT2D eigenvalue weighted by Crippen LogP contribution is -2.31. The highest BCUT2D eigenvalue weighted by Gasteiger charge is 2.22. The molecule has 0 aliphatic heterocycles. The molecule has 3 N–H and O–H groups in total. The topological polar surface area (TPSA) is 67.8 Å². The third-order valence-corrected chi connectivity index (χ3v) is 4.93. The van der Waals surface area contributed by atoms with Gasteiger partial charge in [-0.05, 0) is 56.4 Å². The van der Waals surface area contributed by atoms with Gasteiger partial charge in [-0.3, -0.25) is 0 Å². The van der Waals surface area contributed by atoms with Crippen molar-refractivity contribution in [3.8, 4) is 5.75 Å². The molecule has 1 aromatic rings. The summed E-state index contributed by atoms with van der Waals surface area (Å²) in [7, 11) is 0. The minimum atomic E-state index is -0.278. The Labute approximate surface area is 135 Å². The Morgan fingerprint density at radius 2 is 1.86 bits per heavy atom. The molecule has 0 saturated heterocycles. The summed E-state index contributed by atoms with van der Waals surface area (Å²) >= 11 is 3.55. The fourth-order valence-corrected chi connectivity index (χ4v) is 2.34. The largest absolute Gasteiger partial charge is 0.494 e. The van der Waals surface area contributed by atoms with E-state index in [0.29, 0.717) is 6.61 Å². The van der Waals surface area contributed by atoms with Crippen LogP contribution >= 0.6 is 15.9 Å². The summed E-state index contributed by atoms with van der Waals surface area (Å²) in [5, 5.41) is 11.8. The second-order valence-electron chi connectivity index (χ2n) is 6.05. The zero-order valence-corrected chi connectivity index (χ0v) is 14.8. The summed E-state index contributed by atoms with van der Waals surface area (Å²) in [5.74, 6) is 1.19. The van der Waals surface area contributed by atoms with Crippen LogP contribution in [0.2, 0.25) is 0 Å². The van der Waals surface area contributed by atoms with E-state index in [-0.39, 0.29) is 11.3 Å². The fraction of sp³-hybridized carbons (Fsp3) is 0.562. The number of rotatable bonds is 7. The molecule has 0 heterocycles. The number of halogens is 1. The minimum absolute atomic E-state index is 0.278. The van der Waals surface area contributed by atoms with Gasteiger partial charge in [-0.2, -0.15) is 0 Å². The number of oxime groups is 1. The first kappa shape index (κ1) is 17.8. The van der Waals surface area contributed by atoms with Crippen LogP contribution < -0.4 is 10.5 Å². The maximum atomic E-state index is 8.73. The maximum absolute atomic E-state index is 8.73. The fourth-order valence-electron chi connectivity index (χ4n) is 2.11. The Morgan fingerprint density at radius 3 is 2.38 bits per heavy atom. The molecule has 0 radical (unpaired) electrons. The molecular formula is C16H25BrN2O2. The molecule has 1 aromatic carbocycles. The molecule has 1 rings (SSSR count). The van der Waals surface area contributed by atoms with Gasteiger partial charge in [0.15, 0.2) is 0 Å². The molecule has 0 unspecified atom stereocenters. The van der Waals surface area contributed by atoms with E-state index in [4.69, 9.17) is 15.7 Å². The minimum Gasteiger partial charge on any atom is -0.494 e. The lowest BCUT2D eigenvalue weighted by Gasteiger charge is -2.22. The zero-order chi connectivity index (χ0) is 16.0. The molecule has 0 bridgehead atoms. The first-order valence-corrected chi connectivity index (χ1v) is 7.95. The van der Waals surface area contributed by atoms with Crippen LogP contribution in [0.4, 0.5) is 0 Å².